The van der Waals surface area contributed by atoms with Crippen molar-refractivity contribution >= 4 is 18.0 Å². The Morgan fingerprint density at radius 2 is 1.84 bits per heavy atom. The lowest BCUT2D eigenvalue weighted by molar-refractivity contribution is -0.140. The van der Waals surface area contributed by atoms with Gasteiger partial charge >= 0.3 is 18.2 Å². The Morgan fingerprint density at radius 3 is 2.51 bits per heavy atom. The number of cyclic esters (lactones) is 1. The summed E-state index contributed by atoms with van der Waals surface area (Å²) < 4.78 is 62.2. The van der Waals surface area contributed by atoms with Gasteiger partial charge in [-0.1, -0.05) is 17.7 Å². The molecule has 5 rings (SSSR count). The van der Waals surface area contributed by atoms with Gasteiger partial charge in [0, 0.05) is 43.9 Å². The largest absolute Gasteiger partial charge is 0.496 e. The number of aromatic nitrogens is 2. The molecule has 240 valence electrons. The molecule has 2 aliphatic heterocycles. The van der Waals surface area contributed by atoms with Gasteiger partial charge in [0.1, 0.15) is 11.9 Å². The molecule has 2 atom stereocenters. The monoisotopic (exact) mass is 628 g/mol. The van der Waals surface area contributed by atoms with Gasteiger partial charge in [0.05, 0.1) is 44.2 Å². The van der Waals surface area contributed by atoms with Crippen molar-refractivity contribution in [2.45, 2.75) is 57.7 Å². The summed E-state index contributed by atoms with van der Waals surface area (Å²) in [6.07, 6.45) is -3.80. The number of alkyl halides is 3. The Labute approximate surface area is 259 Å². The first kappa shape index (κ1) is 32.0. The van der Waals surface area contributed by atoms with Crippen LogP contribution in [0.5, 0.6) is 5.75 Å². The van der Waals surface area contributed by atoms with Gasteiger partial charge in [-0.3, -0.25) is 9.69 Å². The number of esters is 1. The highest BCUT2D eigenvalue weighted by Crippen LogP contribution is 2.39. The zero-order valence-corrected chi connectivity index (χ0v) is 25.7. The average Bonchev–Trinajstić information content (AvgIpc) is 3.27. The second kappa shape index (κ2) is 12.9. The van der Waals surface area contributed by atoms with E-state index in [0.717, 1.165) is 17.7 Å². The van der Waals surface area contributed by atoms with Crippen LogP contribution in [-0.2, 0) is 38.1 Å². The van der Waals surface area contributed by atoms with Gasteiger partial charge in [0.2, 0.25) is 5.95 Å². The molecule has 10 nitrogen and oxygen atoms in total. The minimum absolute atomic E-state index is 0.00359. The maximum Gasteiger partial charge on any atom is 0.416 e. The number of rotatable bonds is 10. The van der Waals surface area contributed by atoms with E-state index in [4.69, 9.17) is 23.9 Å². The topological polar surface area (TPSA) is 103 Å². The Kier molecular flexibility index (Phi) is 9.19. The maximum atomic E-state index is 13.6. The Bertz CT molecular complexity index is 1580. The molecule has 0 bridgehead atoms. The zero-order chi connectivity index (χ0) is 32.5. The zero-order valence-electron chi connectivity index (χ0n) is 25.7. The predicted molar refractivity (Wildman–Crippen MR) is 158 cm³/mol. The van der Waals surface area contributed by atoms with Crippen molar-refractivity contribution in [1.82, 2.24) is 14.9 Å². The van der Waals surface area contributed by atoms with Gasteiger partial charge in [-0.05, 0) is 55.7 Å². The van der Waals surface area contributed by atoms with Gasteiger partial charge in [0.15, 0.2) is 0 Å². The molecule has 45 heavy (non-hydrogen) atoms. The average molecular weight is 629 g/mol. The molecule has 3 heterocycles. The third kappa shape index (κ3) is 6.82. The second-order valence-electron chi connectivity index (χ2n) is 11.2. The van der Waals surface area contributed by atoms with E-state index in [0.29, 0.717) is 53.6 Å². The van der Waals surface area contributed by atoms with Crippen LogP contribution in [0.4, 0.5) is 23.9 Å². The summed E-state index contributed by atoms with van der Waals surface area (Å²) in [5, 5.41) is 0. The van der Waals surface area contributed by atoms with E-state index in [1.165, 1.54) is 19.1 Å². The molecule has 0 unspecified atom stereocenters. The Balaban J connectivity index is 1.51. The van der Waals surface area contributed by atoms with Crippen LogP contribution in [0.1, 0.15) is 47.4 Å². The van der Waals surface area contributed by atoms with Crippen LogP contribution < -0.4 is 9.64 Å². The van der Waals surface area contributed by atoms with Crippen LogP contribution in [0, 0.1) is 6.92 Å². The quantitative estimate of drug-likeness (QED) is 0.269. The molecular weight excluding hydrogens is 593 g/mol. The van der Waals surface area contributed by atoms with Crippen LogP contribution >= 0.6 is 0 Å². The van der Waals surface area contributed by atoms with Crippen LogP contribution in [0.25, 0.3) is 11.1 Å². The summed E-state index contributed by atoms with van der Waals surface area (Å²) >= 11 is 0. The summed E-state index contributed by atoms with van der Waals surface area (Å²) in [4.78, 5) is 37.9. The molecule has 13 heteroatoms. The van der Waals surface area contributed by atoms with Crippen LogP contribution in [0.2, 0.25) is 0 Å². The molecule has 2 aliphatic rings. The molecule has 3 aromatic rings. The fourth-order valence-corrected chi connectivity index (χ4v) is 5.59. The third-order valence-electron chi connectivity index (χ3n) is 8.19. The van der Waals surface area contributed by atoms with E-state index in [2.05, 4.69) is 4.98 Å². The van der Waals surface area contributed by atoms with Crippen molar-refractivity contribution in [2.75, 3.05) is 39.3 Å². The molecule has 0 radical (unpaired) electrons. The highest BCUT2D eigenvalue weighted by Gasteiger charge is 2.42. The highest BCUT2D eigenvalue weighted by molar-refractivity contribution is 5.75. The molecule has 0 N–H and O–H groups in total. The SMILES string of the molecule is COC(=O)CCc1ccc(OC)c(-c2cnc(N3CC(OC)C3)nc2CN2C(=O)O[C@H](c3cc(C)cc(C(F)(F)F)c3)[C@@H]2C)c1. The van der Waals surface area contributed by atoms with Crippen molar-refractivity contribution in [3.63, 3.8) is 0 Å². The fraction of sp³-hybridized carbons (Fsp3) is 0.438. The van der Waals surface area contributed by atoms with Gasteiger partial charge in [0.25, 0.3) is 0 Å². The number of halogens is 3. The molecule has 0 spiro atoms. The lowest BCUT2D eigenvalue weighted by atomic mass is 9.97. The van der Waals surface area contributed by atoms with Gasteiger partial charge < -0.3 is 23.8 Å². The van der Waals surface area contributed by atoms with Crippen LogP contribution in [0.15, 0.2) is 42.6 Å². The standard InChI is InChI=1S/C32H35F3N4O6/c1-18-10-21(13-22(11-18)32(33,34)35)29-19(2)39(31(41)45-29)17-26-25(14-36-30(37-26)38-15-23(16-38)42-3)24-12-20(6-8-27(24)43-4)7-9-28(40)44-5/h6,8,10-14,19,23,29H,7,9,15-17H2,1-5H3/t19-,29-/m0/s1. The summed E-state index contributed by atoms with van der Waals surface area (Å²) in [5.41, 5.74) is 2.47. The first-order valence-electron chi connectivity index (χ1n) is 14.5. The van der Waals surface area contributed by atoms with Crippen molar-refractivity contribution in [1.29, 1.82) is 0 Å². The number of hydrogen-bond acceptors (Lipinski definition) is 9. The summed E-state index contributed by atoms with van der Waals surface area (Å²) in [6, 6.07) is 8.61. The van der Waals surface area contributed by atoms with Crippen LogP contribution in [-0.4, -0.2) is 73.5 Å². The summed E-state index contributed by atoms with van der Waals surface area (Å²) in [6.45, 7) is 4.50. The van der Waals surface area contributed by atoms with E-state index < -0.39 is 30.0 Å². The smallest absolute Gasteiger partial charge is 0.416 e. The van der Waals surface area contributed by atoms with Gasteiger partial charge in [-0.25, -0.2) is 14.8 Å². The molecule has 2 aromatic carbocycles. The minimum Gasteiger partial charge on any atom is -0.496 e. The maximum absolute atomic E-state index is 13.6. The first-order chi connectivity index (χ1) is 21.4. The van der Waals surface area contributed by atoms with Crippen molar-refractivity contribution in [2.24, 2.45) is 0 Å². The molecule has 1 amide bonds. The number of carbonyl (C=O) groups excluding carboxylic acids is 2. The Hall–Kier alpha value is -4.39. The van der Waals surface area contributed by atoms with Gasteiger partial charge in [-0.2, -0.15) is 13.2 Å². The van der Waals surface area contributed by atoms with Crippen LogP contribution in [0.3, 0.4) is 0 Å². The molecule has 2 saturated heterocycles. The van der Waals surface area contributed by atoms with Crippen molar-refractivity contribution in [3.05, 3.63) is 70.5 Å². The van der Waals surface area contributed by atoms with E-state index in [1.807, 2.05) is 17.0 Å². The second-order valence-corrected chi connectivity index (χ2v) is 11.2. The molecular formula is C32H35F3N4O6. The number of benzene rings is 2. The van der Waals surface area contributed by atoms with E-state index in [1.54, 1.807) is 39.3 Å². The van der Waals surface area contributed by atoms with E-state index in [-0.39, 0.29) is 30.6 Å². The van der Waals surface area contributed by atoms with E-state index in [9.17, 15) is 22.8 Å². The first-order valence-corrected chi connectivity index (χ1v) is 14.5. The Morgan fingerprint density at radius 1 is 1.09 bits per heavy atom. The number of ether oxygens (including phenoxy) is 4. The summed E-state index contributed by atoms with van der Waals surface area (Å²) in [5.74, 6) is 0.650. The molecule has 1 aromatic heterocycles. The number of hydrogen-bond donors (Lipinski definition) is 0. The molecule has 0 saturated carbocycles. The van der Waals surface area contributed by atoms with E-state index >= 15 is 0 Å². The normalized spacial score (nSPS) is 18.5. The van der Waals surface area contributed by atoms with Crippen molar-refractivity contribution < 1.29 is 41.7 Å². The summed E-state index contributed by atoms with van der Waals surface area (Å²) in [7, 11) is 4.51. The number of carbonyl (C=O) groups is 2. The highest BCUT2D eigenvalue weighted by atomic mass is 19.4. The predicted octanol–water partition coefficient (Wildman–Crippen LogP) is 5.50. The number of aryl methyl sites for hydroxylation is 2. The molecule has 0 aliphatic carbocycles. The number of amides is 1. The minimum atomic E-state index is -4.54. The third-order valence-corrected chi connectivity index (χ3v) is 8.19. The number of nitrogens with zero attached hydrogens (tertiary/aromatic N) is 4. The lowest BCUT2D eigenvalue weighted by Gasteiger charge is -2.38. The van der Waals surface area contributed by atoms with Gasteiger partial charge in [-0.15, -0.1) is 0 Å². The fourth-order valence-electron chi connectivity index (χ4n) is 5.59. The molecule has 2 fully saturated rings. The van der Waals surface area contributed by atoms with Crippen molar-refractivity contribution in [3.8, 4) is 16.9 Å². The number of anilines is 1. The number of methoxy groups -OCH3 is 3. The lowest BCUT2D eigenvalue weighted by Crippen LogP contribution is -2.52.